The Hall–Kier alpha value is -1.07. The minimum absolute atomic E-state index is 0.0341. The third kappa shape index (κ3) is 4.48. The van der Waals surface area contributed by atoms with E-state index in [4.69, 9.17) is 0 Å². The van der Waals surface area contributed by atoms with Gasteiger partial charge in [0.25, 0.3) is 0 Å². The summed E-state index contributed by atoms with van der Waals surface area (Å²) in [5.74, 6) is 2.00. The molecule has 0 bridgehead atoms. The fraction of sp³-hybridized carbons (Fsp3) is 0.667. The standard InChI is InChI=1S/C18H27N3OS/c1-2-17(22)20-15-8-9-18(19-12-15)23-13-14-6-5-11-21-10-4-3-7-16(14)21/h8-9,12,14,16H,2-7,10-11,13H2,1H3,(H,20,22)/t14-,16+/m0/s1. The molecule has 2 saturated heterocycles. The van der Waals surface area contributed by atoms with Gasteiger partial charge in [-0.25, -0.2) is 4.98 Å². The fourth-order valence-electron chi connectivity index (χ4n) is 3.75. The average Bonchev–Trinajstić information content (AvgIpc) is 2.61. The molecule has 2 aliphatic rings. The number of nitrogens with zero attached hydrogens (tertiary/aromatic N) is 2. The van der Waals surface area contributed by atoms with E-state index in [0.29, 0.717) is 6.42 Å². The highest BCUT2D eigenvalue weighted by atomic mass is 32.2. The topological polar surface area (TPSA) is 45.2 Å². The van der Waals surface area contributed by atoms with Crippen LogP contribution in [0.4, 0.5) is 5.69 Å². The summed E-state index contributed by atoms with van der Waals surface area (Å²) in [6, 6.07) is 4.78. The molecule has 1 N–H and O–H groups in total. The van der Waals surface area contributed by atoms with Gasteiger partial charge in [-0.05, 0) is 56.8 Å². The van der Waals surface area contributed by atoms with E-state index in [2.05, 4.69) is 15.2 Å². The Morgan fingerprint density at radius 1 is 1.30 bits per heavy atom. The molecule has 1 aromatic rings. The largest absolute Gasteiger partial charge is 0.325 e. The number of carbonyl (C=O) groups is 1. The van der Waals surface area contributed by atoms with Crippen LogP contribution in [0.3, 0.4) is 0 Å². The number of hydrogen-bond acceptors (Lipinski definition) is 4. The van der Waals surface area contributed by atoms with Crippen LogP contribution in [0.5, 0.6) is 0 Å². The van der Waals surface area contributed by atoms with E-state index in [1.807, 2.05) is 30.8 Å². The van der Waals surface area contributed by atoms with Gasteiger partial charge in [-0.3, -0.25) is 4.79 Å². The fourth-order valence-corrected chi connectivity index (χ4v) is 4.82. The molecule has 0 aromatic carbocycles. The van der Waals surface area contributed by atoms with Crippen LogP contribution in [0.15, 0.2) is 23.4 Å². The lowest BCUT2D eigenvalue weighted by Gasteiger charge is -2.44. The van der Waals surface area contributed by atoms with Gasteiger partial charge in [0.05, 0.1) is 16.9 Å². The quantitative estimate of drug-likeness (QED) is 0.833. The normalized spacial score (nSPS) is 24.9. The van der Waals surface area contributed by atoms with E-state index in [-0.39, 0.29) is 5.91 Å². The molecule has 23 heavy (non-hydrogen) atoms. The number of aromatic nitrogens is 1. The first-order valence-corrected chi connectivity index (χ1v) is 9.87. The number of piperidine rings is 2. The molecule has 5 heteroatoms. The van der Waals surface area contributed by atoms with E-state index in [1.165, 1.54) is 45.2 Å². The van der Waals surface area contributed by atoms with Crippen molar-refractivity contribution in [1.29, 1.82) is 0 Å². The smallest absolute Gasteiger partial charge is 0.224 e. The van der Waals surface area contributed by atoms with Crippen molar-refractivity contribution in [3.8, 4) is 0 Å². The second-order valence-electron chi connectivity index (χ2n) is 6.60. The third-order valence-corrected chi connectivity index (χ3v) is 6.15. The van der Waals surface area contributed by atoms with Gasteiger partial charge in [-0.15, -0.1) is 11.8 Å². The van der Waals surface area contributed by atoms with Crippen molar-refractivity contribution in [2.24, 2.45) is 5.92 Å². The summed E-state index contributed by atoms with van der Waals surface area (Å²) in [5, 5.41) is 3.91. The molecule has 0 radical (unpaired) electrons. The SMILES string of the molecule is CCC(=O)Nc1ccc(SC[C@@H]2CCCN3CCCC[C@H]23)nc1. The van der Waals surface area contributed by atoms with Crippen molar-refractivity contribution < 1.29 is 4.79 Å². The predicted molar refractivity (Wildman–Crippen MR) is 95.8 cm³/mol. The molecule has 0 aliphatic carbocycles. The molecule has 126 valence electrons. The predicted octanol–water partition coefficient (Wildman–Crippen LogP) is 3.79. The first kappa shape index (κ1) is 16.8. The monoisotopic (exact) mass is 333 g/mol. The molecule has 0 spiro atoms. The van der Waals surface area contributed by atoms with Gasteiger partial charge >= 0.3 is 0 Å². The highest BCUT2D eigenvalue weighted by molar-refractivity contribution is 7.99. The van der Waals surface area contributed by atoms with Crippen LogP contribution in [0.2, 0.25) is 0 Å². The van der Waals surface area contributed by atoms with Gasteiger partial charge in [-0.1, -0.05) is 13.3 Å². The molecule has 1 aromatic heterocycles. The van der Waals surface area contributed by atoms with E-state index < -0.39 is 0 Å². The summed E-state index contributed by atoms with van der Waals surface area (Å²) >= 11 is 1.87. The molecule has 0 unspecified atom stereocenters. The lowest BCUT2D eigenvalue weighted by Crippen LogP contribution is -2.48. The lowest BCUT2D eigenvalue weighted by atomic mass is 9.85. The van der Waals surface area contributed by atoms with Gasteiger partial charge in [0.1, 0.15) is 0 Å². The number of nitrogens with one attached hydrogen (secondary N) is 1. The minimum atomic E-state index is 0.0341. The number of carbonyl (C=O) groups excluding carboxylic acids is 1. The highest BCUT2D eigenvalue weighted by Gasteiger charge is 2.32. The second kappa shape index (κ2) is 8.15. The summed E-state index contributed by atoms with van der Waals surface area (Å²) in [5.41, 5.74) is 0.789. The summed E-state index contributed by atoms with van der Waals surface area (Å²) < 4.78 is 0. The van der Waals surface area contributed by atoms with Crippen molar-refractivity contribution in [1.82, 2.24) is 9.88 Å². The number of anilines is 1. The highest BCUT2D eigenvalue weighted by Crippen LogP contribution is 2.34. The van der Waals surface area contributed by atoms with Gasteiger partial charge in [-0.2, -0.15) is 0 Å². The summed E-state index contributed by atoms with van der Waals surface area (Å²) in [7, 11) is 0. The number of fused-ring (bicyclic) bond motifs is 1. The molecule has 0 saturated carbocycles. The van der Waals surface area contributed by atoms with Crippen LogP contribution in [0.1, 0.15) is 45.4 Å². The molecule has 4 nitrogen and oxygen atoms in total. The van der Waals surface area contributed by atoms with Gasteiger partial charge in [0, 0.05) is 18.2 Å². The zero-order valence-electron chi connectivity index (χ0n) is 14.0. The van der Waals surface area contributed by atoms with E-state index in [1.54, 1.807) is 6.20 Å². The third-order valence-electron chi connectivity index (χ3n) is 5.02. The van der Waals surface area contributed by atoms with Crippen LogP contribution >= 0.6 is 11.8 Å². The maximum atomic E-state index is 11.4. The van der Waals surface area contributed by atoms with E-state index in [0.717, 1.165) is 28.4 Å². The number of thioether (sulfide) groups is 1. The van der Waals surface area contributed by atoms with E-state index >= 15 is 0 Å². The zero-order valence-corrected chi connectivity index (χ0v) is 14.8. The Balaban J connectivity index is 1.52. The molecular weight excluding hydrogens is 306 g/mol. The first-order chi connectivity index (χ1) is 11.3. The van der Waals surface area contributed by atoms with Crippen LogP contribution < -0.4 is 5.32 Å². The second-order valence-corrected chi connectivity index (χ2v) is 7.64. The van der Waals surface area contributed by atoms with Crippen LogP contribution in [0.25, 0.3) is 0 Å². The molecular formula is C18H27N3OS. The molecule has 2 atom stereocenters. The molecule has 3 heterocycles. The summed E-state index contributed by atoms with van der Waals surface area (Å²) in [4.78, 5) is 18.6. The maximum Gasteiger partial charge on any atom is 0.224 e. The maximum absolute atomic E-state index is 11.4. The molecule has 1 amide bonds. The Labute approximate surface area is 143 Å². The van der Waals surface area contributed by atoms with Crippen molar-refractivity contribution in [2.75, 3.05) is 24.2 Å². The summed E-state index contributed by atoms with van der Waals surface area (Å²) in [6.45, 7) is 4.46. The Morgan fingerprint density at radius 2 is 2.17 bits per heavy atom. The van der Waals surface area contributed by atoms with Crippen molar-refractivity contribution in [3.05, 3.63) is 18.3 Å². The first-order valence-electron chi connectivity index (χ1n) is 8.89. The summed E-state index contributed by atoms with van der Waals surface area (Å²) in [6.07, 6.45) is 9.12. The minimum Gasteiger partial charge on any atom is -0.325 e. The van der Waals surface area contributed by atoms with Crippen LogP contribution in [0, 0.1) is 5.92 Å². The van der Waals surface area contributed by atoms with Gasteiger partial charge < -0.3 is 10.2 Å². The number of rotatable bonds is 5. The molecule has 2 fully saturated rings. The average molecular weight is 334 g/mol. The number of pyridine rings is 1. The molecule has 2 aliphatic heterocycles. The van der Waals surface area contributed by atoms with Crippen LogP contribution in [-0.4, -0.2) is 40.7 Å². The Bertz CT molecular complexity index is 518. The van der Waals surface area contributed by atoms with E-state index in [9.17, 15) is 4.79 Å². The lowest BCUT2D eigenvalue weighted by molar-refractivity contribution is -0.115. The molecule has 3 rings (SSSR count). The number of amides is 1. The van der Waals surface area contributed by atoms with Crippen molar-refractivity contribution >= 4 is 23.4 Å². The Morgan fingerprint density at radius 3 is 2.96 bits per heavy atom. The number of hydrogen-bond donors (Lipinski definition) is 1. The zero-order chi connectivity index (χ0) is 16.1. The van der Waals surface area contributed by atoms with Gasteiger partial charge in [0.15, 0.2) is 0 Å². The van der Waals surface area contributed by atoms with Gasteiger partial charge in [0.2, 0.25) is 5.91 Å². The van der Waals surface area contributed by atoms with Crippen molar-refractivity contribution in [2.45, 2.75) is 56.5 Å². The van der Waals surface area contributed by atoms with Crippen molar-refractivity contribution in [3.63, 3.8) is 0 Å². The van der Waals surface area contributed by atoms with Crippen LogP contribution in [-0.2, 0) is 4.79 Å². The Kier molecular flexibility index (Phi) is 5.95.